The maximum absolute atomic E-state index is 10.3. The van der Waals surface area contributed by atoms with E-state index in [-0.39, 0.29) is 0 Å². The summed E-state index contributed by atoms with van der Waals surface area (Å²) in [6.45, 7) is 0. The molecule has 0 aromatic heterocycles. The van der Waals surface area contributed by atoms with Crippen LogP contribution in [0.1, 0.15) is 0 Å². The van der Waals surface area contributed by atoms with Gasteiger partial charge in [-0.25, -0.2) is 0 Å². The third-order valence-corrected chi connectivity index (χ3v) is 1.11. The Morgan fingerprint density at radius 1 is 1.00 bits per heavy atom. The van der Waals surface area contributed by atoms with Crippen LogP contribution in [0.4, 0.5) is 0 Å². The van der Waals surface area contributed by atoms with Gasteiger partial charge in [-0.3, -0.25) is 0 Å². The Morgan fingerprint density at radius 3 is 1.56 bits per heavy atom. The van der Waals surface area contributed by atoms with Gasteiger partial charge < -0.3 is 0 Å². The van der Waals surface area contributed by atoms with Crippen LogP contribution in [-0.2, 0) is 10.2 Å². The van der Waals surface area contributed by atoms with Crippen molar-refractivity contribution in [1.29, 1.82) is 0 Å². The Bertz CT molecular complexity index is 197. The minimum Gasteiger partial charge on any atom is -0.179 e. The van der Waals surface area contributed by atoms with Gasteiger partial charge in [-0.05, 0) is 9.04 Å². The largest absolute Gasteiger partial charge is 0.397 e. The topological polar surface area (TPSA) is 83.6 Å². The number of rotatable bonds is 2. The molecule has 0 saturated heterocycles. The minimum absolute atomic E-state index is 1.24. The van der Waals surface area contributed by atoms with Crippen LogP contribution in [0.2, 0.25) is 0 Å². The van der Waals surface area contributed by atoms with Gasteiger partial charge in [-0.2, -0.15) is 18.6 Å². The third-order valence-electron chi connectivity index (χ3n) is 0.370. The lowest BCUT2D eigenvalue weighted by Crippen LogP contribution is -1.85. The molecule has 0 heterocycles. The van der Waals surface area contributed by atoms with Crippen LogP contribution < -0.4 is 0 Å². The summed E-state index contributed by atoms with van der Waals surface area (Å²) < 4.78 is 26.2. The van der Waals surface area contributed by atoms with Gasteiger partial charge in [0.15, 0.2) is 0 Å². The Hall–Kier alpha value is -0.850. The standard InChI is InChI=1S/C2H6N4O2S/c1-3-5-9(7,8)6-4-2/h1-2H3. The van der Waals surface area contributed by atoms with Gasteiger partial charge in [0.2, 0.25) is 0 Å². The summed E-state index contributed by atoms with van der Waals surface area (Å²) in [5.41, 5.74) is 0. The van der Waals surface area contributed by atoms with Crippen molar-refractivity contribution in [3.8, 4) is 0 Å². The quantitative estimate of drug-likeness (QED) is 0.533. The monoisotopic (exact) mass is 150 g/mol. The molecule has 0 unspecified atom stereocenters. The fourth-order valence-electron chi connectivity index (χ4n) is 0.223. The Balaban J connectivity index is 4.42. The van der Waals surface area contributed by atoms with Crippen molar-refractivity contribution >= 4 is 10.2 Å². The number of hydrogen-bond donors (Lipinski definition) is 0. The van der Waals surface area contributed by atoms with E-state index in [1.807, 2.05) is 0 Å². The summed E-state index contributed by atoms with van der Waals surface area (Å²) in [4.78, 5) is 0. The first-order chi connectivity index (χ1) is 4.12. The zero-order valence-corrected chi connectivity index (χ0v) is 5.83. The first-order valence-electron chi connectivity index (χ1n) is 1.99. The smallest absolute Gasteiger partial charge is 0.179 e. The maximum Gasteiger partial charge on any atom is 0.397 e. The number of hydrogen-bond acceptors (Lipinski definition) is 4. The summed E-state index contributed by atoms with van der Waals surface area (Å²) in [6, 6.07) is 0. The van der Waals surface area contributed by atoms with E-state index < -0.39 is 10.2 Å². The van der Waals surface area contributed by atoms with Crippen LogP contribution in [0.3, 0.4) is 0 Å². The van der Waals surface area contributed by atoms with Gasteiger partial charge in [0.25, 0.3) is 0 Å². The minimum atomic E-state index is -3.77. The average Bonchev–Trinajstić information content (AvgIpc) is 1.64. The molecular formula is C2H6N4O2S. The third kappa shape index (κ3) is 3.71. The van der Waals surface area contributed by atoms with Crippen LogP contribution in [0.5, 0.6) is 0 Å². The molecule has 0 radical (unpaired) electrons. The molecule has 0 saturated carbocycles. The lowest BCUT2D eigenvalue weighted by molar-refractivity contribution is 0.594. The fraction of sp³-hybridized carbons (Fsp3) is 1.00. The van der Waals surface area contributed by atoms with E-state index in [1.165, 1.54) is 14.1 Å². The molecule has 0 amide bonds. The molecule has 0 aliphatic carbocycles. The van der Waals surface area contributed by atoms with Gasteiger partial charge in [0.05, 0.1) is 14.1 Å². The molecule has 0 aliphatic rings. The molecule has 0 bridgehead atoms. The Labute approximate surface area is 52.9 Å². The van der Waals surface area contributed by atoms with Crippen LogP contribution in [0.25, 0.3) is 0 Å². The van der Waals surface area contributed by atoms with Gasteiger partial charge in [-0.1, -0.05) is 0 Å². The first-order valence-corrected chi connectivity index (χ1v) is 3.39. The molecule has 0 rings (SSSR count). The van der Waals surface area contributed by atoms with Crippen molar-refractivity contribution in [3.05, 3.63) is 0 Å². The van der Waals surface area contributed by atoms with Crippen LogP contribution in [0, 0.1) is 0 Å². The summed E-state index contributed by atoms with van der Waals surface area (Å²) in [7, 11) is -1.29. The molecule has 0 N–H and O–H groups in total. The highest BCUT2D eigenvalue weighted by Crippen LogP contribution is 1.93. The van der Waals surface area contributed by atoms with Crippen LogP contribution in [0.15, 0.2) is 19.3 Å². The highest BCUT2D eigenvalue weighted by Gasteiger charge is 2.01. The van der Waals surface area contributed by atoms with Crippen LogP contribution >= 0.6 is 0 Å². The van der Waals surface area contributed by atoms with Gasteiger partial charge in [0.1, 0.15) is 0 Å². The van der Waals surface area contributed by atoms with Gasteiger partial charge in [-0.15, -0.1) is 0 Å². The van der Waals surface area contributed by atoms with Gasteiger partial charge in [0, 0.05) is 0 Å². The van der Waals surface area contributed by atoms with Crippen LogP contribution in [-0.4, -0.2) is 22.5 Å². The molecule has 0 aliphatic heterocycles. The summed E-state index contributed by atoms with van der Waals surface area (Å²) in [5.74, 6) is 0. The first kappa shape index (κ1) is 8.15. The fourth-order valence-corrected chi connectivity index (χ4v) is 0.668. The van der Waals surface area contributed by atoms with Crippen molar-refractivity contribution in [2.24, 2.45) is 19.3 Å². The van der Waals surface area contributed by atoms with E-state index in [2.05, 4.69) is 19.3 Å². The van der Waals surface area contributed by atoms with E-state index in [9.17, 15) is 8.42 Å². The predicted molar refractivity (Wildman–Crippen MR) is 30.5 cm³/mol. The van der Waals surface area contributed by atoms with E-state index >= 15 is 0 Å². The second-order valence-electron chi connectivity index (χ2n) is 1.01. The lowest BCUT2D eigenvalue weighted by atomic mass is 11.6. The van der Waals surface area contributed by atoms with Crippen molar-refractivity contribution in [2.75, 3.05) is 14.1 Å². The zero-order valence-electron chi connectivity index (χ0n) is 5.01. The zero-order chi connectivity index (χ0) is 7.33. The Kier molecular flexibility index (Phi) is 2.93. The summed E-state index contributed by atoms with van der Waals surface area (Å²) in [5, 5.41) is 6.02. The normalized spacial score (nSPS) is 13.6. The SMILES string of the molecule is CN=NS(=O)(=O)N=NC. The molecular weight excluding hydrogens is 144 g/mol. The van der Waals surface area contributed by atoms with Crippen molar-refractivity contribution in [2.45, 2.75) is 0 Å². The molecule has 52 valence electrons. The van der Waals surface area contributed by atoms with E-state index in [1.54, 1.807) is 0 Å². The summed E-state index contributed by atoms with van der Waals surface area (Å²) >= 11 is 0. The maximum atomic E-state index is 10.3. The van der Waals surface area contributed by atoms with Crippen molar-refractivity contribution in [3.63, 3.8) is 0 Å². The molecule has 0 atom stereocenters. The highest BCUT2D eigenvalue weighted by molar-refractivity contribution is 7.88. The molecule has 0 fully saturated rings. The lowest BCUT2D eigenvalue weighted by Gasteiger charge is -1.79. The van der Waals surface area contributed by atoms with Gasteiger partial charge >= 0.3 is 10.2 Å². The van der Waals surface area contributed by atoms with Crippen molar-refractivity contribution in [1.82, 2.24) is 0 Å². The Morgan fingerprint density at radius 2 is 1.33 bits per heavy atom. The molecule has 6 nitrogen and oxygen atoms in total. The van der Waals surface area contributed by atoms with E-state index in [0.29, 0.717) is 0 Å². The second-order valence-corrected chi connectivity index (χ2v) is 2.23. The molecule has 9 heavy (non-hydrogen) atoms. The average molecular weight is 150 g/mol. The number of nitrogens with zero attached hydrogens (tertiary/aromatic N) is 4. The predicted octanol–water partition coefficient (Wildman–Crippen LogP) is 0.395. The molecule has 0 aromatic rings. The second kappa shape index (κ2) is 3.23. The summed E-state index contributed by atoms with van der Waals surface area (Å²) in [6.07, 6.45) is 0. The van der Waals surface area contributed by atoms with E-state index in [0.717, 1.165) is 0 Å². The molecule has 7 heteroatoms. The molecule has 0 aromatic carbocycles. The van der Waals surface area contributed by atoms with Crippen molar-refractivity contribution < 1.29 is 8.42 Å². The van der Waals surface area contributed by atoms with E-state index in [4.69, 9.17) is 0 Å². The molecule has 0 spiro atoms. The highest BCUT2D eigenvalue weighted by atomic mass is 32.2.